The monoisotopic (exact) mass is 763 g/mol. The molecule has 1 fully saturated rings. The van der Waals surface area contributed by atoms with Crippen molar-refractivity contribution >= 4 is 59.1 Å². The fourth-order valence-electron chi connectivity index (χ4n) is 5.20. The van der Waals surface area contributed by atoms with Crippen LogP contribution in [0.4, 0.5) is 4.79 Å². The van der Waals surface area contributed by atoms with E-state index >= 15 is 0 Å². The van der Waals surface area contributed by atoms with E-state index in [1.54, 1.807) is 28.3 Å². The first-order valence-corrected chi connectivity index (χ1v) is 19.3. The lowest BCUT2D eigenvalue weighted by molar-refractivity contribution is -0.0177. The topological polar surface area (TPSA) is 84.2 Å². The second kappa shape index (κ2) is 14.7. The minimum absolute atomic E-state index is 0.0495. The number of aryl methyl sites for hydroxylation is 1. The van der Waals surface area contributed by atoms with Crippen molar-refractivity contribution in [2.24, 2.45) is 7.05 Å². The fourth-order valence-corrected chi connectivity index (χ4v) is 6.97. The van der Waals surface area contributed by atoms with E-state index in [2.05, 4.69) is 27.3 Å². The Bertz CT molecular complexity index is 1710. The summed E-state index contributed by atoms with van der Waals surface area (Å²) in [6.07, 6.45) is 7.18. The predicted octanol–water partition coefficient (Wildman–Crippen LogP) is 8.16. The maximum atomic E-state index is 13.0. The number of hydrogen-bond donors (Lipinski definition) is 0. The Hall–Kier alpha value is -2.81. The molecule has 2 aromatic carbocycles. The van der Waals surface area contributed by atoms with E-state index in [0.29, 0.717) is 49.1 Å². The molecule has 1 aliphatic rings. The molecule has 240 valence electrons. The maximum Gasteiger partial charge on any atom is 0.410 e. The van der Waals surface area contributed by atoms with Gasteiger partial charge >= 0.3 is 6.09 Å². The van der Waals surface area contributed by atoms with Crippen molar-refractivity contribution < 1.29 is 23.7 Å². The van der Waals surface area contributed by atoms with Gasteiger partial charge in [-0.25, -0.2) is 4.79 Å². The number of aromatic nitrogens is 2. The highest BCUT2D eigenvalue weighted by Crippen LogP contribution is 2.40. The van der Waals surface area contributed by atoms with Crippen LogP contribution in [0.5, 0.6) is 17.2 Å². The molecular formula is C33H38IN3O6S2. The number of thioether (sulfide) groups is 1. The molecule has 0 aliphatic carbocycles. The number of fused-ring (bicyclic) bond motifs is 1. The first kappa shape index (κ1) is 33.6. The first-order valence-electron chi connectivity index (χ1n) is 14.7. The number of benzene rings is 2. The van der Waals surface area contributed by atoms with Gasteiger partial charge in [0.2, 0.25) is 0 Å². The van der Waals surface area contributed by atoms with Crippen LogP contribution < -0.4 is 15.0 Å². The lowest BCUT2D eigenvalue weighted by Gasteiger charge is -2.33. The summed E-state index contributed by atoms with van der Waals surface area (Å²) in [7, 11) is 3.24. The first-order chi connectivity index (χ1) is 21.6. The molecule has 0 bridgehead atoms. The Morgan fingerprint density at radius 2 is 1.78 bits per heavy atom. The Morgan fingerprint density at radius 1 is 1.02 bits per heavy atom. The van der Waals surface area contributed by atoms with E-state index in [4.69, 9.17) is 18.9 Å². The number of pyridine rings is 1. The molecule has 1 saturated heterocycles. The van der Waals surface area contributed by atoms with Crippen molar-refractivity contribution in [2.45, 2.75) is 50.2 Å². The molecule has 0 atom stereocenters. The van der Waals surface area contributed by atoms with E-state index in [0.717, 1.165) is 34.3 Å². The maximum absolute atomic E-state index is 13.0. The van der Waals surface area contributed by atoms with Gasteiger partial charge in [-0.2, -0.15) is 0 Å². The summed E-state index contributed by atoms with van der Waals surface area (Å²) in [5, 5.41) is 0.873. The van der Waals surface area contributed by atoms with E-state index in [-0.39, 0.29) is 17.8 Å². The molecule has 0 saturated carbocycles. The summed E-state index contributed by atoms with van der Waals surface area (Å²) in [6, 6.07) is 15.6. The number of piperidine rings is 1. The quantitative estimate of drug-likeness (QED) is 0.0910. The van der Waals surface area contributed by atoms with Crippen LogP contribution in [0, 0.1) is 0 Å². The molecule has 0 spiro atoms. The molecule has 4 aromatic rings. The Kier molecular flexibility index (Phi) is 11.0. The molecule has 0 radical (unpaired) electrons. The van der Waals surface area contributed by atoms with Gasteiger partial charge in [-0.3, -0.25) is 8.77 Å². The van der Waals surface area contributed by atoms with Gasteiger partial charge in [0.05, 0.1) is 12.7 Å². The summed E-state index contributed by atoms with van der Waals surface area (Å²) in [5.41, 5.74) is 1.91. The summed E-state index contributed by atoms with van der Waals surface area (Å²) >= 11 is 3.84. The van der Waals surface area contributed by atoms with Gasteiger partial charge in [-0.1, -0.05) is 6.07 Å². The number of rotatable bonds is 10. The second-order valence-electron chi connectivity index (χ2n) is 11.8. The lowest BCUT2D eigenvalue weighted by atomic mass is 10.0. The summed E-state index contributed by atoms with van der Waals surface area (Å²) in [4.78, 5) is 28.2. The molecule has 2 aromatic heterocycles. The number of ether oxygens (including phenoxy) is 4. The molecular weight excluding hydrogens is 725 g/mol. The van der Waals surface area contributed by atoms with Crippen molar-refractivity contribution in [2.75, 3.05) is 32.6 Å². The smallest absolute Gasteiger partial charge is 0.410 e. The number of carbonyl (C=O) groups is 1. The molecule has 0 N–H and O–H groups in total. The van der Waals surface area contributed by atoms with Crippen LogP contribution in [0.15, 0.2) is 70.6 Å². The molecule has 5 rings (SSSR count). The van der Waals surface area contributed by atoms with Gasteiger partial charge in [0.25, 0.3) is 5.56 Å². The number of amides is 1. The van der Waals surface area contributed by atoms with E-state index in [9.17, 15) is 9.59 Å². The number of hydrogen-bond acceptors (Lipinski definition) is 8. The van der Waals surface area contributed by atoms with Gasteiger partial charge in [-0.15, -0.1) is 11.8 Å². The zero-order chi connectivity index (χ0) is 32.1. The van der Waals surface area contributed by atoms with E-state index < -0.39 is 5.60 Å². The van der Waals surface area contributed by atoms with Gasteiger partial charge < -0.3 is 28.4 Å². The van der Waals surface area contributed by atoms with Crippen LogP contribution in [0.2, 0.25) is 0 Å². The zero-order valence-electron chi connectivity index (χ0n) is 26.1. The molecule has 1 aliphatic heterocycles. The Morgan fingerprint density at radius 3 is 2.49 bits per heavy atom. The lowest BCUT2D eigenvalue weighted by Crippen LogP contribution is -2.43. The van der Waals surface area contributed by atoms with Gasteiger partial charge in [-0.05, 0) is 76.3 Å². The average molecular weight is 764 g/mol. The van der Waals surface area contributed by atoms with Gasteiger partial charge in [0, 0.05) is 90.3 Å². The summed E-state index contributed by atoms with van der Waals surface area (Å²) in [5.74, 6) is 2.00. The molecule has 12 heteroatoms. The summed E-state index contributed by atoms with van der Waals surface area (Å²) < 4.78 is 27.5. The zero-order valence-corrected chi connectivity index (χ0v) is 29.9. The normalized spacial score (nSPS) is 14.1. The minimum atomic E-state index is -0.498. The predicted molar refractivity (Wildman–Crippen MR) is 190 cm³/mol. The standard InChI is InChI=1S/C33H38IN3O6S2/c1-33(2,3)43-32(39)36-14-11-22(12-15-36)40-17-18-41-23-7-6-8-24(19-23)42-29-10-9-25(44-5)20-27(29)28-21-35(4)31(38)30-26(28)13-16-37(30)45-34/h6-10,13,16,19-22H,11-12,14-15,17-18H2,1-5H3. The highest BCUT2D eigenvalue weighted by atomic mass is 127. The Labute approximate surface area is 284 Å². The number of halogens is 1. The SMILES string of the molecule is CSc1ccc(Oc2cccc(OCCOC3CCN(C(=O)OC(C)(C)C)CC3)c2)c(-c2cn(C)c(=O)c3c2ccn3SI)c1. The highest BCUT2D eigenvalue weighted by Gasteiger charge is 2.27. The van der Waals surface area contributed by atoms with Crippen molar-refractivity contribution in [3.05, 3.63) is 71.3 Å². The minimum Gasteiger partial charge on any atom is -0.491 e. The van der Waals surface area contributed by atoms with E-state index in [1.807, 2.05) is 85.9 Å². The van der Waals surface area contributed by atoms with Crippen LogP contribution >= 0.6 is 42.1 Å². The van der Waals surface area contributed by atoms with Crippen LogP contribution in [0.25, 0.3) is 22.0 Å². The van der Waals surface area contributed by atoms with Crippen molar-refractivity contribution in [1.82, 2.24) is 13.4 Å². The fraction of sp³-hybridized carbons (Fsp3) is 0.394. The van der Waals surface area contributed by atoms with E-state index in [1.165, 1.54) is 9.12 Å². The van der Waals surface area contributed by atoms with Crippen LogP contribution in [0.3, 0.4) is 0 Å². The number of carbonyl (C=O) groups excluding carboxylic acids is 1. The molecule has 1 amide bonds. The number of likely N-dealkylation sites (tertiary alicyclic amines) is 1. The van der Waals surface area contributed by atoms with Crippen LogP contribution in [0.1, 0.15) is 33.6 Å². The Balaban J connectivity index is 1.23. The van der Waals surface area contributed by atoms with Crippen LogP contribution in [-0.2, 0) is 16.5 Å². The van der Waals surface area contributed by atoms with Crippen molar-refractivity contribution in [3.8, 4) is 28.4 Å². The van der Waals surface area contributed by atoms with Gasteiger partial charge in [0.1, 0.15) is 35.0 Å². The molecule has 3 heterocycles. The third-order valence-corrected chi connectivity index (χ3v) is 9.82. The van der Waals surface area contributed by atoms with Crippen LogP contribution in [-0.4, -0.2) is 63.8 Å². The molecule has 45 heavy (non-hydrogen) atoms. The second-order valence-corrected chi connectivity index (χ2v) is 14.3. The third kappa shape index (κ3) is 8.32. The number of nitrogens with zero attached hydrogens (tertiary/aromatic N) is 3. The third-order valence-electron chi connectivity index (χ3n) is 7.37. The largest absolute Gasteiger partial charge is 0.491 e. The summed E-state index contributed by atoms with van der Waals surface area (Å²) in [6.45, 7) is 7.70. The average Bonchev–Trinajstić information content (AvgIpc) is 3.46. The van der Waals surface area contributed by atoms with Crippen molar-refractivity contribution in [3.63, 3.8) is 0 Å². The molecule has 9 nitrogen and oxygen atoms in total. The van der Waals surface area contributed by atoms with Crippen molar-refractivity contribution in [1.29, 1.82) is 0 Å². The van der Waals surface area contributed by atoms with Gasteiger partial charge in [0.15, 0.2) is 0 Å². The highest BCUT2D eigenvalue weighted by molar-refractivity contribution is 14.2. The molecule has 0 unspecified atom stereocenters.